The van der Waals surface area contributed by atoms with E-state index in [9.17, 15) is 0 Å². The van der Waals surface area contributed by atoms with Crippen molar-refractivity contribution in [2.24, 2.45) is 0 Å². The van der Waals surface area contributed by atoms with Gasteiger partial charge in [0.15, 0.2) is 0 Å². The lowest BCUT2D eigenvalue weighted by Gasteiger charge is -2.07. The van der Waals surface area contributed by atoms with Crippen LogP contribution in [0.4, 0.5) is 0 Å². The quantitative estimate of drug-likeness (QED) is 0.559. The minimum Gasteiger partial charge on any atom is -0.393 e. The fraction of sp³-hybridized carbons (Fsp3) is 0.833. The van der Waals surface area contributed by atoms with E-state index < -0.39 is 12.2 Å². The van der Waals surface area contributed by atoms with Gasteiger partial charge in [0.25, 0.3) is 0 Å². The largest absolute Gasteiger partial charge is 0.393 e. The van der Waals surface area contributed by atoms with Gasteiger partial charge in [0.2, 0.25) is 0 Å². The summed E-state index contributed by atoms with van der Waals surface area (Å²) in [7, 11) is 0. The van der Waals surface area contributed by atoms with Gasteiger partial charge >= 0.3 is 0 Å². The first kappa shape index (κ1) is 7.92. The SMILES string of the molecule is C[CH]C(O)CC(C)O. The molecule has 8 heavy (non-hydrogen) atoms. The van der Waals surface area contributed by atoms with Gasteiger partial charge < -0.3 is 10.2 Å². The van der Waals surface area contributed by atoms with Crippen molar-refractivity contribution in [3.63, 3.8) is 0 Å². The second kappa shape index (κ2) is 3.87. The molecule has 0 spiro atoms. The first-order valence-electron chi connectivity index (χ1n) is 2.82. The summed E-state index contributed by atoms with van der Waals surface area (Å²) in [6.45, 7) is 3.43. The summed E-state index contributed by atoms with van der Waals surface area (Å²) in [4.78, 5) is 0. The Hall–Kier alpha value is -0.0800. The lowest BCUT2D eigenvalue weighted by atomic mass is 10.1. The third-order valence-electron chi connectivity index (χ3n) is 0.967. The van der Waals surface area contributed by atoms with Gasteiger partial charge in [0, 0.05) is 0 Å². The Morgan fingerprint density at radius 2 is 2.00 bits per heavy atom. The summed E-state index contributed by atoms with van der Waals surface area (Å²) in [5.41, 5.74) is 0. The Morgan fingerprint density at radius 1 is 1.50 bits per heavy atom. The maximum Gasteiger partial charge on any atom is 0.0593 e. The number of rotatable bonds is 3. The van der Waals surface area contributed by atoms with Gasteiger partial charge in [-0.3, -0.25) is 0 Å². The minimum atomic E-state index is -0.449. The molecule has 0 bridgehead atoms. The third-order valence-corrected chi connectivity index (χ3v) is 0.967. The standard InChI is InChI=1S/C6H13O2/c1-3-6(8)4-5(2)7/h3,5-8H,4H2,1-2H3. The summed E-state index contributed by atoms with van der Waals surface area (Å²) >= 11 is 0. The molecule has 2 heteroatoms. The Bertz CT molecular complexity index is 52.5. The highest BCUT2D eigenvalue weighted by molar-refractivity contribution is 4.70. The predicted molar refractivity (Wildman–Crippen MR) is 32.3 cm³/mol. The van der Waals surface area contributed by atoms with Crippen molar-refractivity contribution < 1.29 is 10.2 Å². The van der Waals surface area contributed by atoms with Crippen molar-refractivity contribution >= 4 is 0 Å². The fourth-order valence-electron chi connectivity index (χ4n) is 0.486. The Balaban J connectivity index is 3.10. The first-order valence-corrected chi connectivity index (χ1v) is 2.82. The normalized spacial score (nSPS) is 18.0. The maximum absolute atomic E-state index is 8.81. The van der Waals surface area contributed by atoms with Gasteiger partial charge in [0.1, 0.15) is 0 Å². The van der Waals surface area contributed by atoms with E-state index in [4.69, 9.17) is 10.2 Å². The van der Waals surface area contributed by atoms with E-state index in [1.54, 1.807) is 20.3 Å². The zero-order valence-corrected chi connectivity index (χ0v) is 5.33. The van der Waals surface area contributed by atoms with Crippen molar-refractivity contribution in [1.29, 1.82) is 0 Å². The summed E-state index contributed by atoms with van der Waals surface area (Å²) < 4.78 is 0. The van der Waals surface area contributed by atoms with E-state index in [0.29, 0.717) is 6.42 Å². The monoisotopic (exact) mass is 117 g/mol. The van der Waals surface area contributed by atoms with Crippen molar-refractivity contribution in [1.82, 2.24) is 0 Å². The van der Waals surface area contributed by atoms with Crippen LogP contribution in [-0.4, -0.2) is 22.4 Å². The molecule has 49 valence electrons. The van der Waals surface area contributed by atoms with Crippen LogP contribution in [0.15, 0.2) is 0 Å². The van der Waals surface area contributed by atoms with Gasteiger partial charge in [-0.1, -0.05) is 6.92 Å². The Kier molecular flexibility index (Phi) is 3.83. The summed E-state index contributed by atoms with van der Waals surface area (Å²) in [5.74, 6) is 0. The molecule has 2 atom stereocenters. The molecule has 2 N–H and O–H groups in total. The number of hydrogen-bond acceptors (Lipinski definition) is 2. The summed E-state index contributed by atoms with van der Waals surface area (Å²) in [6.07, 6.45) is 1.25. The molecule has 0 saturated carbocycles. The second-order valence-corrected chi connectivity index (χ2v) is 1.99. The molecule has 0 rings (SSSR count). The van der Waals surface area contributed by atoms with Gasteiger partial charge in [-0.05, 0) is 19.8 Å². The van der Waals surface area contributed by atoms with Crippen LogP contribution in [0, 0.1) is 6.42 Å². The van der Waals surface area contributed by atoms with E-state index in [1.165, 1.54) is 0 Å². The Morgan fingerprint density at radius 3 is 2.12 bits per heavy atom. The highest BCUT2D eigenvalue weighted by Crippen LogP contribution is 1.98. The van der Waals surface area contributed by atoms with Gasteiger partial charge in [-0.25, -0.2) is 0 Å². The van der Waals surface area contributed by atoms with Gasteiger partial charge in [0.05, 0.1) is 12.2 Å². The van der Waals surface area contributed by atoms with Gasteiger partial charge in [-0.2, -0.15) is 0 Å². The van der Waals surface area contributed by atoms with Gasteiger partial charge in [-0.15, -0.1) is 0 Å². The lowest BCUT2D eigenvalue weighted by Crippen LogP contribution is -2.13. The Labute approximate surface area is 50.2 Å². The molecule has 2 unspecified atom stereocenters. The smallest absolute Gasteiger partial charge is 0.0593 e. The molecular formula is C6H13O2. The topological polar surface area (TPSA) is 40.5 Å². The summed E-state index contributed by atoms with van der Waals surface area (Å²) in [5, 5.41) is 17.5. The van der Waals surface area contributed by atoms with E-state index in [-0.39, 0.29) is 0 Å². The number of hydrogen-bond donors (Lipinski definition) is 2. The molecule has 0 saturated heterocycles. The van der Waals surface area contributed by atoms with Crippen molar-refractivity contribution in [2.45, 2.75) is 32.5 Å². The maximum atomic E-state index is 8.81. The third kappa shape index (κ3) is 4.09. The lowest BCUT2D eigenvalue weighted by molar-refractivity contribution is 0.109. The van der Waals surface area contributed by atoms with Crippen molar-refractivity contribution in [3.05, 3.63) is 6.42 Å². The van der Waals surface area contributed by atoms with E-state index in [2.05, 4.69) is 0 Å². The molecule has 0 amide bonds. The van der Waals surface area contributed by atoms with Crippen LogP contribution in [0.25, 0.3) is 0 Å². The van der Waals surface area contributed by atoms with E-state index in [1.807, 2.05) is 0 Å². The highest BCUT2D eigenvalue weighted by Gasteiger charge is 2.03. The summed E-state index contributed by atoms with van der Waals surface area (Å²) in [6, 6.07) is 0. The van der Waals surface area contributed by atoms with Crippen LogP contribution in [0.5, 0.6) is 0 Å². The average Bonchev–Trinajstić information content (AvgIpc) is 1.65. The van der Waals surface area contributed by atoms with E-state index in [0.717, 1.165) is 0 Å². The molecule has 0 heterocycles. The zero-order chi connectivity index (χ0) is 6.57. The molecule has 0 aromatic carbocycles. The molecule has 0 fully saturated rings. The second-order valence-electron chi connectivity index (χ2n) is 1.99. The average molecular weight is 117 g/mol. The van der Waals surface area contributed by atoms with Crippen LogP contribution in [-0.2, 0) is 0 Å². The van der Waals surface area contributed by atoms with Crippen LogP contribution >= 0.6 is 0 Å². The molecule has 0 aliphatic heterocycles. The highest BCUT2D eigenvalue weighted by atomic mass is 16.3. The number of aliphatic hydroxyl groups excluding tert-OH is 2. The fourth-order valence-corrected chi connectivity index (χ4v) is 0.486. The molecule has 1 radical (unpaired) electrons. The molecular weight excluding hydrogens is 104 g/mol. The predicted octanol–water partition coefficient (Wildman–Crippen LogP) is 0.342. The molecule has 0 aromatic heterocycles. The zero-order valence-electron chi connectivity index (χ0n) is 5.33. The van der Waals surface area contributed by atoms with Crippen molar-refractivity contribution in [3.8, 4) is 0 Å². The van der Waals surface area contributed by atoms with E-state index >= 15 is 0 Å². The van der Waals surface area contributed by atoms with Crippen LogP contribution in [0.3, 0.4) is 0 Å². The van der Waals surface area contributed by atoms with Crippen LogP contribution in [0.2, 0.25) is 0 Å². The molecule has 0 aliphatic carbocycles. The molecule has 0 aromatic rings. The van der Waals surface area contributed by atoms with Crippen molar-refractivity contribution in [2.75, 3.05) is 0 Å². The van der Waals surface area contributed by atoms with Crippen LogP contribution < -0.4 is 0 Å². The number of aliphatic hydroxyl groups is 2. The molecule has 0 aliphatic rings. The minimum absolute atomic E-state index is 0.402. The first-order chi connectivity index (χ1) is 3.66. The molecule has 2 nitrogen and oxygen atoms in total. The van der Waals surface area contributed by atoms with Crippen LogP contribution in [0.1, 0.15) is 20.3 Å².